The summed E-state index contributed by atoms with van der Waals surface area (Å²) in [7, 11) is 0. The smallest absolute Gasteiger partial charge is 0.320 e. The van der Waals surface area contributed by atoms with Gasteiger partial charge in [0.25, 0.3) is 0 Å². The first-order valence-electron chi connectivity index (χ1n) is 3.71. The topological polar surface area (TPSA) is 69.6 Å². The van der Waals surface area contributed by atoms with E-state index >= 15 is 0 Å². The molecule has 3 N–H and O–H groups in total. The van der Waals surface area contributed by atoms with E-state index in [0.717, 1.165) is 6.42 Å². The van der Waals surface area contributed by atoms with Gasteiger partial charge in [0, 0.05) is 6.04 Å². The Hall–Kier alpha value is -0.610. The molecule has 0 aromatic rings. The summed E-state index contributed by atoms with van der Waals surface area (Å²) in [6.07, 6.45) is 0.730. The normalized spacial score (nSPS) is 15.9. The van der Waals surface area contributed by atoms with Crippen LogP contribution in [0.5, 0.6) is 0 Å². The van der Waals surface area contributed by atoms with Crippen LogP contribution in [-0.4, -0.2) is 34.9 Å². The van der Waals surface area contributed by atoms with E-state index in [1.165, 1.54) is 0 Å². The van der Waals surface area contributed by atoms with E-state index < -0.39 is 12.0 Å². The molecule has 0 aliphatic carbocycles. The summed E-state index contributed by atoms with van der Waals surface area (Å²) in [6.45, 7) is 3.43. The van der Waals surface area contributed by atoms with E-state index in [1.54, 1.807) is 6.92 Å². The van der Waals surface area contributed by atoms with Gasteiger partial charge in [-0.25, -0.2) is 0 Å². The van der Waals surface area contributed by atoms with Crippen LogP contribution < -0.4 is 5.32 Å². The minimum atomic E-state index is -0.892. The number of carboxylic acid groups (broad SMARTS) is 1. The molecule has 0 heterocycles. The Morgan fingerprint density at radius 1 is 1.64 bits per heavy atom. The Bertz CT molecular complexity index is 123. The molecule has 0 saturated carbocycles. The lowest BCUT2D eigenvalue weighted by Crippen LogP contribution is -2.42. The summed E-state index contributed by atoms with van der Waals surface area (Å²) in [4.78, 5) is 10.3. The molecular formula is C7H15NO3. The van der Waals surface area contributed by atoms with Crippen molar-refractivity contribution in [2.75, 3.05) is 6.61 Å². The predicted molar refractivity (Wildman–Crippen MR) is 41.4 cm³/mol. The average Bonchev–Trinajstić information content (AvgIpc) is 1.99. The lowest BCUT2D eigenvalue weighted by Gasteiger charge is -2.16. The van der Waals surface area contributed by atoms with Crippen molar-refractivity contribution in [1.29, 1.82) is 0 Å². The van der Waals surface area contributed by atoms with Gasteiger partial charge in [0.2, 0.25) is 0 Å². The first-order chi connectivity index (χ1) is 5.11. The van der Waals surface area contributed by atoms with Crippen molar-refractivity contribution in [3.63, 3.8) is 0 Å². The van der Waals surface area contributed by atoms with Gasteiger partial charge in [-0.3, -0.25) is 10.1 Å². The summed E-state index contributed by atoms with van der Waals surface area (Å²) >= 11 is 0. The molecule has 0 amide bonds. The van der Waals surface area contributed by atoms with Crippen LogP contribution in [0.2, 0.25) is 0 Å². The highest BCUT2D eigenvalue weighted by molar-refractivity contribution is 5.72. The van der Waals surface area contributed by atoms with Crippen molar-refractivity contribution in [3.05, 3.63) is 0 Å². The number of aliphatic carboxylic acids is 1. The minimum absolute atomic E-state index is 0.0197. The highest BCUT2D eigenvalue weighted by atomic mass is 16.4. The lowest BCUT2D eigenvalue weighted by atomic mass is 10.2. The molecule has 0 aromatic carbocycles. The number of carbonyl (C=O) groups is 1. The fourth-order valence-corrected chi connectivity index (χ4v) is 0.724. The second kappa shape index (κ2) is 5.09. The maximum atomic E-state index is 10.3. The van der Waals surface area contributed by atoms with Gasteiger partial charge >= 0.3 is 5.97 Å². The Balaban J connectivity index is 3.71. The first-order valence-corrected chi connectivity index (χ1v) is 3.71. The van der Waals surface area contributed by atoms with Crippen LogP contribution in [0.3, 0.4) is 0 Å². The quantitative estimate of drug-likeness (QED) is 0.523. The molecule has 0 spiro atoms. The largest absolute Gasteiger partial charge is 0.480 e. The van der Waals surface area contributed by atoms with Gasteiger partial charge in [-0.1, -0.05) is 6.92 Å². The van der Waals surface area contributed by atoms with E-state index in [4.69, 9.17) is 10.2 Å². The number of nitrogens with one attached hydrogen (secondary N) is 1. The first kappa shape index (κ1) is 10.4. The molecule has 66 valence electrons. The van der Waals surface area contributed by atoms with E-state index in [-0.39, 0.29) is 12.6 Å². The lowest BCUT2D eigenvalue weighted by molar-refractivity contribution is -0.139. The Kier molecular flexibility index (Phi) is 4.81. The Labute approximate surface area is 66.2 Å². The molecule has 0 saturated heterocycles. The van der Waals surface area contributed by atoms with Gasteiger partial charge in [0.05, 0.1) is 6.61 Å². The second-order valence-electron chi connectivity index (χ2n) is 2.51. The molecule has 4 nitrogen and oxygen atoms in total. The van der Waals surface area contributed by atoms with E-state index in [2.05, 4.69) is 5.32 Å². The van der Waals surface area contributed by atoms with E-state index in [0.29, 0.717) is 0 Å². The molecule has 0 radical (unpaired) electrons. The highest BCUT2D eigenvalue weighted by Crippen LogP contribution is 1.92. The molecule has 0 aliphatic heterocycles. The molecule has 0 fully saturated rings. The number of hydrogen-bond acceptors (Lipinski definition) is 3. The van der Waals surface area contributed by atoms with Gasteiger partial charge < -0.3 is 10.2 Å². The molecular weight excluding hydrogens is 146 g/mol. The van der Waals surface area contributed by atoms with Crippen LogP contribution in [0.1, 0.15) is 20.3 Å². The van der Waals surface area contributed by atoms with Crippen LogP contribution in [0.4, 0.5) is 0 Å². The summed E-state index contributed by atoms with van der Waals surface area (Å²) in [5.41, 5.74) is 0. The number of rotatable bonds is 5. The van der Waals surface area contributed by atoms with Crippen LogP contribution >= 0.6 is 0 Å². The highest BCUT2D eigenvalue weighted by Gasteiger charge is 2.14. The zero-order chi connectivity index (χ0) is 8.85. The number of hydrogen-bond donors (Lipinski definition) is 3. The summed E-state index contributed by atoms with van der Waals surface area (Å²) in [5.74, 6) is -0.892. The molecule has 0 rings (SSSR count). The van der Waals surface area contributed by atoms with Crippen LogP contribution in [0, 0.1) is 0 Å². The molecule has 0 bridgehead atoms. The van der Waals surface area contributed by atoms with Gasteiger partial charge in [-0.15, -0.1) is 0 Å². The summed E-state index contributed by atoms with van der Waals surface area (Å²) in [5, 5.41) is 19.9. The van der Waals surface area contributed by atoms with Crippen molar-refractivity contribution in [2.45, 2.75) is 32.4 Å². The summed E-state index contributed by atoms with van der Waals surface area (Å²) < 4.78 is 0. The zero-order valence-corrected chi connectivity index (χ0v) is 6.87. The third kappa shape index (κ3) is 3.95. The van der Waals surface area contributed by atoms with Gasteiger partial charge in [-0.2, -0.15) is 0 Å². The van der Waals surface area contributed by atoms with Crippen molar-refractivity contribution in [1.82, 2.24) is 5.32 Å². The molecule has 1 unspecified atom stereocenters. The predicted octanol–water partition coefficient (Wildman–Crippen LogP) is -0.180. The Morgan fingerprint density at radius 3 is 2.45 bits per heavy atom. The molecule has 11 heavy (non-hydrogen) atoms. The zero-order valence-electron chi connectivity index (χ0n) is 6.87. The van der Waals surface area contributed by atoms with Gasteiger partial charge in [0.1, 0.15) is 6.04 Å². The molecule has 0 aromatic heterocycles. The van der Waals surface area contributed by atoms with Crippen LogP contribution in [-0.2, 0) is 4.79 Å². The fourth-order valence-electron chi connectivity index (χ4n) is 0.724. The average molecular weight is 161 g/mol. The molecule has 0 aliphatic rings. The summed E-state index contributed by atoms with van der Waals surface area (Å²) in [6, 6.07) is -0.701. The second-order valence-corrected chi connectivity index (χ2v) is 2.51. The number of aliphatic hydroxyl groups is 1. The fraction of sp³-hybridized carbons (Fsp3) is 0.857. The van der Waals surface area contributed by atoms with E-state index in [1.807, 2.05) is 6.92 Å². The van der Waals surface area contributed by atoms with Gasteiger partial charge in [-0.05, 0) is 13.3 Å². The SMILES string of the molecule is CC[C@H](CO)NC(C)C(=O)O. The van der Waals surface area contributed by atoms with Crippen LogP contribution in [0.25, 0.3) is 0 Å². The number of aliphatic hydroxyl groups excluding tert-OH is 1. The van der Waals surface area contributed by atoms with Crippen LogP contribution in [0.15, 0.2) is 0 Å². The maximum Gasteiger partial charge on any atom is 0.320 e. The van der Waals surface area contributed by atoms with E-state index in [9.17, 15) is 4.79 Å². The minimum Gasteiger partial charge on any atom is -0.480 e. The Morgan fingerprint density at radius 2 is 2.18 bits per heavy atom. The standard InChI is InChI=1S/C7H15NO3/c1-3-6(4-9)8-5(2)7(10)11/h5-6,8-9H,3-4H2,1-2H3,(H,10,11)/t5?,6-/m1/s1. The third-order valence-corrected chi connectivity index (χ3v) is 1.57. The van der Waals surface area contributed by atoms with Crippen molar-refractivity contribution in [2.24, 2.45) is 0 Å². The van der Waals surface area contributed by atoms with Crippen molar-refractivity contribution in [3.8, 4) is 0 Å². The molecule has 2 atom stereocenters. The third-order valence-electron chi connectivity index (χ3n) is 1.57. The van der Waals surface area contributed by atoms with Crippen molar-refractivity contribution >= 4 is 5.97 Å². The monoisotopic (exact) mass is 161 g/mol. The maximum absolute atomic E-state index is 10.3. The molecule has 4 heteroatoms. The van der Waals surface area contributed by atoms with Gasteiger partial charge in [0.15, 0.2) is 0 Å². The van der Waals surface area contributed by atoms with Crippen molar-refractivity contribution < 1.29 is 15.0 Å². The number of carboxylic acids is 1.